The second-order valence-corrected chi connectivity index (χ2v) is 6.62. The lowest BCUT2D eigenvalue weighted by molar-refractivity contribution is 0.423. The zero-order valence-corrected chi connectivity index (χ0v) is 13.1. The van der Waals surface area contributed by atoms with Gasteiger partial charge < -0.3 is 0 Å². The van der Waals surface area contributed by atoms with Crippen LogP contribution in [-0.4, -0.2) is 0 Å². The Balaban J connectivity index is 2.82. The number of allylic oxidation sites excluding steroid dienone is 1. The standard InChI is InChI=1S/C17H25Cl/c1-12(2)14(4)7-8-17(5,6)15-9-13(3)10-16(18)11-15/h9-11,14H,1,7-8H2,2-6H3. The van der Waals surface area contributed by atoms with E-state index in [2.05, 4.69) is 53.3 Å². The topological polar surface area (TPSA) is 0 Å². The molecular weight excluding hydrogens is 240 g/mol. The van der Waals surface area contributed by atoms with Crippen molar-refractivity contribution in [1.82, 2.24) is 0 Å². The fraction of sp³-hybridized carbons (Fsp3) is 0.529. The van der Waals surface area contributed by atoms with Crippen molar-refractivity contribution < 1.29 is 0 Å². The third-order valence-electron chi connectivity index (χ3n) is 3.87. The lowest BCUT2D eigenvalue weighted by Crippen LogP contribution is -2.18. The summed E-state index contributed by atoms with van der Waals surface area (Å²) < 4.78 is 0. The number of benzene rings is 1. The summed E-state index contributed by atoms with van der Waals surface area (Å²) in [5.41, 5.74) is 4.01. The molecule has 0 N–H and O–H groups in total. The Labute approximate surface area is 117 Å². The molecule has 1 rings (SSSR count). The van der Waals surface area contributed by atoms with Crippen LogP contribution in [-0.2, 0) is 5.41 Å². The average molecular weight is 265 g/mol. The maximum Gasteiger partial charge on any atom is 0.0411 e. The molecule has 0 fully saturated rings. The van der Waals surface area contributed by atoms with Crippen molar-refractivity contribution in [1.29, 1.82) is 0 Å². The highest BCUT2D eigenvalue weighted by molar-refractivity contribution is 6.30. The van der Waals surface area contributed by atoms with Crippen LogP contribution in [0, 0.1) is 12.8 Å². The van der Waals surface area contributed by atoms with Crippen LogP contribution in [0.5, 0.6) is 0 Å². The van der Waals surface area contributed by atoms with E-state index in [0.717, 1.165) is 11.4 Å². The van der Waals surface area contributed by atoms with Crippen LogP contribution in [0.4, 0.5) is 0 Å². The van der Waals surface area contributed by atoms with Gasteiger partial charge in [0.15, 0.2) is 0 Å². The largest absolute Gasteiger partial charge is 0.0999 e. The van der Waals surface area contributed by atoms with Crippen molar-refractivity contribution >= 4 is 11.6 Å². The van der Waals surface area contributed by atoms with E-state index in [9.17, 15) is 0 Å². The summed E-state index contributed by atoms with van der Waals surface area (Å²) in [6, 6.07) is 6.36. The third-order valence-corrected chi connectivity index (χ3v) is 4.09. The van der Waals surface area contributed by atoms with Crippen LogP contribution in [0.1, 0.15) is 51.7 Å². The van der Waals surface area contributed by atoms with Gasteiger partial charge in [0.1, 0.15) is 0 Å². The first-order valence-corrected chi connectivity index (χ1v) is 7.03. The molecule has 1 aromatic carbocycles. The summed E-state index contributed by atoms with van der Waals surface area (Å²) in [5, 5.41) is 0.839. The minimum atomic E-state index is 0.166. The first-order valence-electron chi connectivity index (χ1n) is 6.65. The molecule has 1 unspecified atom stereocenters. The number of hydrogen-bond donors (Lipinski definition) is 0. The Hall–Kier alpha value is -0.750. The Morgan fingerprint density at radius 1 is 1.33 bits per heavy atom. The fourth-order valence-electron chi connectivity index (χ4n) is 2.10. The third kappa shape index (κ3) is 4.17. The van der Waals surface area contributed by atoms with Crippen molar-refractivity contribution in [3.63, 3.8) is 0 Å². The Morgan fingerprint density at radius 3 is 2.44 bits per heavy atom. The molecule has 1 aromatic rings. The molecule has 0 spiro atoms. The molecule has 0 nitrogen and oxygen atoms in total. The molecule has 18 heavy (non-hydrogen) atoms. The van der Waals surface area contributed by atoms with Gasteiger partial charge >= 0.3 is 0 Å². The quantitative estimate of drug-likeness (QED) is 0.579. The highest BCUT2D eigenvalue weighted by Gasteiger charge is 2.22. The van der Waals surface area contributed by atoms with Gasteiger partial charge in [0.2, 0.25) is 0 Å². The zero-order chi connectivity index (χ0) is 13.9. The van der Waals surface area contributed by atoms with Crippen LogP contribution in [0.25, 0.3) is 0 Å². The molecule has 100 valence electrons. The van der Waals surface area contributed by atoms with E-state index in [1.54, 1.807) is 0 Å². The smallest absolute Gasteiger partial charge is 0.0411 e. The first-order chi connectivity index (χ1) is 8.22. The first kappa shape index (κ1) is 15.3. The van der Waals surface area contributed by atoms with Crippen LogP contribution in [0.2, 0.25) is 5.02 Å². The van der Waals surface area contributed by atoms with Gasteiger partial charge in [0, 0.05) is 5.02 Å². The van der Waals surface area contributed by atoms with Crippen LogP contribution < -0.4 is 0 Å². The molecule has 0 aromatic heterocycles. The van der Waals surface area contributed by atoms with Gasteiger partial charge in [-0.1, -0.05) is 50.6 Å². The van der Waals surface area contributed by atoms with Crippen LogP contribution in [0.15, 0.2) is 30.4 Å². The van der Waals surface area contributed by atoms with Crippen LogP contribution in [0.3, 0.4) is 0 Å². The summed E-state index contributed by atoms with van der Waals surface area (Å²) in [7, 11) is 0. The minimum absolute atomic E-state index is 0.166. The van der Waals surface area contributed by atoms with Gasteiger partial charge in [-0.3, -0.25) is 0 Å². The maximum absolute atomic E-state index is 6.16. The van der Waals surface area contributed by atoms with E-state index in [0.29, 0.717) is 5.92 Å². The van der Waals surface area contributed by atoms with Gasteiger partial charge in [-0.2, -0.15) is 0 Å². The molecule has 0 aliphatic carbocycles. The van der Waals surface area contributed by atoms with Gasteiger partial charge in [-0.05, 0) is 61.3 Å². The molecule has 0 radical (unpaired) electrons. The second-order valence-electron chi connectivity index (χ2n) is 6.19. The van der Waals surface area contributed by atoms with Crippen molar-refractivity contribution in [3.8, 4) is 0 Å². The highest BCUT2D eigenvalue weighted by Crippen LogP contribution is 2.33. The van der Waals surface area contributed by atoms with E-state index in [-0.39, 0.29) is 5.41 Å². The monoisotopic (exact) mass is 264 g/mol. The van der Waals surface area contributed by atoms with E-state index in [4.69, 9.17) is 11.6 Å². The van der Waals surface area contributed by atoms with Crippen LogP contribution >= 0.6 is 11.6 Å². The zero-order valence-electron chi connectivity index (χ0n) is 12.3. The molecule has 0 saturated carbocycles. The number of halogens is 1. The highest BCUT2D eigenvalue weighted by atomic mass is 35.5. The Bertz CT molecular complexity index is 409. The van der Waals surface area contributed by atoms with Crippen molar-refractivity contribution in [3.05, 3.63) is 46.5 Å². The summed E-state index contributed by atoms with van der Waals surface area (Å²) in [6.45, 7) is 15.1. The maximum atomic E-state index is 6.16. The van der Waals surface area contributed by atoms with E-state index >= 15 is 0 Å². The molecular formula is C17H25Cl. The molecule has 0 saturated heterocycles. The van der Waals surface area contributed by atoms with Gasteiger partial charge in [-0.15, -0.1) is 0 Å². The minimum Gasteiger partial charge on any atom is -0.0999 e. The average Bonchev–Trinajstić information content (AvgIpc) is 2.24. The Kier molecular flexibility index (Phi) is 5.04. The lowest BCUT2D eigenvalue weighted by Gasteiger charge is -2.27. The lowest BCUT2D eigenvalue weighted by atomic mass is 9.78. The molecule has 0 amide bonds. The number of hydrogen-bond acceptors (Lipinski definition) is 0. The van der Waals surface area contributed by atoms with Gasteiger partial charge in [0.05, 0.1) is 0 Å². The molecule has 1 atom stereocenters. The van der Waals surface area contributed by atoms with Crippen molar-refractivity contribution in [2.75, 3.05) is 0 Å². The summed E-state index contributed by atoms with van der Waals surface area (Å²) in [5.74, 6) is 0.588. The number of aryl methyl sites for hydroxylation is 1. The molecule has 0 aliphatic heterocycles. The SMILES string of the molecule is C=C(C)C(C)CCC(C)(C)c1cc(C)cc(Cl)c1. The Morgan fingerprint density at radius 2 is 1.94 bits per heavy atom. The fourth-order valence-corrected chi connectivity index (χ4v) is 2.38. The molecule has 1 heteroatoms. The van der Waals surface area contributed by atoms with E-state index < -0.39 is 0 Å². The summed E-state index contributed by atoms with van der Waals surface area (Å²) >= 11 is 6.16. The van der Waals surface area contributed by atoms with Gasteiger partial charge in [-0.25, -0.2) is 0 Å². The van der Waals surface area contributed by atoms with E-state index in [1.807, 2.05) is 6.07 Å². The van der Waals surface area contributed by atoms with Crippen molar-refractivity contribution in [2.45, 2.75) is 52.9 Å². The summed E-state index contributed by atoms with van der Waals surface area (Å²) in [6.07, 6.45) is 2.33. The predicted octanol–water partition coefficient (Wildman–Crippen LogP) is 5.92. The van der Waals surface area contributed by atoms with Crippen molar-refractivity contribution in [2.24, 2.45) is 5.92 Å². The summed E-state index contributed by atoms with van der Waals surface area (Å²) in [4.78, 5) is 0. The normalized spacial score (nSPS) is 13.4. The predicted molar refractivity (Wildman–Crippen MR) is 82.4 cm³/mol. The molecule has 0 heterocycles. The second kappa shape index (κ2) is 5.93. The molecule has 0 bridgehead atoms. The molecule has 0 aliphatic rings. The number of rotatable bonds is 5. The van der Waals surface area contributed by atoms with E-state index in [1.165, 1.54) is 23.1 Å². The van der Waals surface area contributed by atoms with Gasteiger partial charge in [0.25, 0.3) is 0 Å².